The van der Waals surface area contributed by atoms with E-state index in [1.807, 2.05) is 11.9 Å². The number of likely N-dealkylation sites (tertiary alicyclic amines) is 1. The summed E-state index contributed by atoms with van der Waals surface area (Å²) in [4.78, 5) is 26.0. The van der Waals surface area contributed by atoms with Crippen molar-refractivity contribution in [3.8, 4) is 0 Å². The minimum Gasteiger partial charge on any atom is -0.373 e. The first-order valence-corrected chi connectivity index (χ1v) is 10.6. The highest BCUT2D eigenvalue weighted by Crippen LogP contribution is 2.31. The molecule has 0 aliphatic carbocycles. The number of rotatable bonds is 4. The molecule has 0 spiro atoms. The van der Waals surface area contributed by atoms with Crippen LogP contribution in [0.4, 0.5) is 5.82 Å². The molecule has 1 amide bonds. The Labute approximate surface area is 173 Å². The second-order valence-corrected chi connectivity index (χ2v) is 8.27. The van der Waals surface area contributed by atoms with Crippen molar-refractivity contribution < 1.29 is 4.79 Å². The monoisotopic (exact) mass is 393 g/mol. The summed E-state index contributed by atoms with van der Waals surface area (Å²) in [7, 11) is 1.91. The molecule has 29 heavy (non-hydrogen) atoms. The minimum absolute atomic E-state index is 0.114. The van der Waals surface area contributed by atoms with E-state index in [4.69, 9.17) is 9.97 Å². The zero-order valence-corrected chi connectivity index (χ0v) is 17.7. The largest absolute Gasteiger partial charge is 0.373 e. The second-order valence-electron chi connectivity index (χ2n) is 8.27. The van der Waals surface area contributed by atoms with Crippen LogP contribution in [0.1, 0.15) is 53.9 Å². The van der Waals surface area contributed by atoms with Crippen LogP contribution in [-0.4, -0.2) is 52.4 Å². The van der Waals surface area contributed by atoms with Crippen molar-refractivity contribution in [2.75, 3.05) is 32.0 Å². The van der Waals surface area contributed by atoms with Crippen LogP contribution in [0.15, 0.2) is 24.3 Å². The van der Waals surface area contributed by atoms with Crippen molar-refractivity contribution in [3.63, 3.8) is 0 Å². The Morgan fingerprint density at radius 3 is 2.62 bits per heavy atom. The van der Waals surface area contributed by atoms with E-state index in [0.717, 1.165) is 68.3 Å². The average molecular weight is 394 g/mol. The number of nitrogens with one attached hydrogen (secondary N) is 1. The first-order valence-electron chi connectivity index (χ1n) is 10.6. The zero-order valence-electron chi connectivity index (χ0n) is 17.7. The number of aromatic nitrogens is 2. The molecule has 1 aromatic carbocycles. The smallest absolute Gasteiger partial charge is 0.219 e. The standard InChI is InChI=1S/C23H31N5O/c1-16-6-4-5-7-19(16)14-27-11-8-18(9-12-27)22-25-21-10-13-28(17(2)29)15-20(21)23(24-3)26-22/h4-7,18H,8-15H2,1-3H3,(H,24,25,26). The number of amides is 1. The fourth-order valence-electron chi connectivity index (χ4n) is 4.47. The predicted octanol–water partition coefficient (Wildman–Crippen LogP) is 3.11. The van der Waals surface area contributed by atoms with Gasteiger partial charge in [0.1, 0.15) is 11.6 Å². The fourth-order valence-corrected chi connectivity index (χ4v) is 4.47. The van der Waals surface area contributed by atoms with Gasteiger partial charge in [-0.2, -0.15) is 0 Å². The van der Waals surface area contributed by atoms with Gasteiger partial charge in [-0.25, -0.2) is 9.97 Å². The third-order valence-corrected chi connectivity index (χ3v) is 6.37. The van der Waals surface area contributed by atoms with Crippen LogP contribution in [-0.2, 0) is 24.3 Å². The summed E-state index contributed by atoms with van der Waals surface area (Å²) in [5.74, 6) is 2.38. The number of hydrogen-bond donors (Lipinski definition) is 1. The van der Waals surface area contributed by atoms with Gasteiger partial charge in [0.2, 0.25) is 5.91 Å². The molecule has 2 aromatic rings. The van der Waals surface area contributed by atoms with Crippen LogP contribution >= 0.6 is 0 Å². The van der Waals surface area contributed by atoms with E-state index in [1.54, 1.807) is 6.92 Å². The van der Waals surface area contributed by atoms with Gasteiger partial charge in [-0.05, 0) is 44.0 Å². The lowest BCUT2D eigenvalue weighted by atomic mass is 9.94. The maximum atomic E-state index is 11.8. The molecule has 4 rings (SSSR count). The van der Waals surface area contributed by atoms with Gasteiger partial charge in [-0.3, -0.25) is 9.69 Å². The minimum atomic E-state index is 0.114. The second kappa shape index (κ2) is 8.49. The van der Waals surface area contributed by atoms with Crippen LogP contribution in [0.5, 0.6) is 0 Å². The summed E-state index contributed by atoms with van der Waals surface area (Å²) in [5.41, 5.74) is 4.98. The van der Waals surface area contributed by atoms with Gasteiger partial charge in [0.25, 0.3) is 0 Å². The molecule has 0 bridgehead atoms. The Kier molecular flexibility index (Phi) is 5.81. The van der Waals surface area contributed by atoms with E-state index < -0.39 is 0 Å². The number of carbonyl (C=O) groups excluding carboxylic acids is 1. The van der Waals surface area contributed by atoms with Crippen molar-refractivity contribution in [2.24, 2.45) is 0 Å². The molecule has 6 heteroatoms. The topological polar surface area (TPSA) is 61.4 Å². The Hall–Kier alpha value is -2.47. The number of piperidine rings is 1. The SMILES string of the molecule is CNc1nc(C2CCN(Cc3ccccc3C)CC2)nc2c1CN(C(C)=O)CC2. The molecule has 6 nitrogen and oxygen atoms in total. The molecule has 1 N–H and O–H groups in total. The van der Waals surface area contributed by atoms with E-state index in [1.165, 1.54) is 11.1 Å². The molecule has 0 saturated carbocycles. The molecule has 1 saturated heterocycles. The molecular weight excluding hydrogens is 362 g/mol. The highest BCUT2D eigenvalue weighted by molar-refractivity contribution is 5.74. The van der Waals surface area contributed by atoms with Gasteiger partial charge >= 0.3 is 0 Å². The molecule has 0 atom stereocenters. The Morgan fingerprint density at radius 1 is 1.17 bits per heavy atom. The van der Waals surface area contributed by atoms with Gasteiger partial charge in [0.15, 0.2) is 0 Å². The maximum Gasteiger partial charge on any atom is 0.219 e. The van der Waals surface area contributed by atoms with E-state index in [-0.39, 0.29) is 5.91 Å². The van der Waals surface area contributed by atoms with Crippen molar-refractivity contribution >= 4 is 11.7 Å². The van der Waals surface area contributed by atoms with E-state index >= 15 is 0 Å². The van der Waals surface area contributed by atoms with E-state index in [9.17, 15) is 4.79 Å². The number of hydrogen-bond acceptors (Lipinski definition) is 5. The quantitative estimate of drug-likeness (QED) is 0.865. The number of nitrogens with zero attached hydrogens (tertiary/aromatic N) is 4. The third-order valence-electron chi connectivity index (χ3n) is 6.37. The number of anilines is 1. The Bertz CT molecular complexity index is 872. The number of aryl methyl sites for hydroxylation is 1. The van der Waals surface area contributed by atoms with Crippen molar-refractivity contribution in [1.29, 1.82) is 0 Å². The summed E-state index contributed by atoms with van der Waals surface area (Å²) in [5, 5.41) is 3.24. The van der Waals surface area contributed by atoms with Gasteiger partial charge in [-0.1, -0.05) is 24.3 Å². The van der Waals surface area contributed by atoms with E-state index in [0.29, 0.717) is 12.5 Å². The third kappa shape index (κ3) is 4.27. The molecule has 0 radical (unpaired) electrons. The van der Waals surface area contributed by atoms with Gasteiger partial charge in [0, 0.05) is 45.0 Å². The summed E-state index contributed by atoms with van der Waals surface area (Å²) in [6, 6.07) is 8.66. The van der Waals surface area contributed by atoms with Crippen LogP contribution in [0.3, 0.4) is 0 Å². The normalized spacial score (nSPS) is 17.8. The average Bonchev–Trinajstić information content (AvgIpc) is 2.74. The van der Waals surface area contributed by atoms with Gasteiger partial charge in [-0.15, -0.1) is 0 Å². The number of fused-ring (bicyclic) bond motifs is 1. The first kappa shape index (κ1) is 19.8. The highest BCUT2D eigenvalue weighted by Gasteiger charge is 2.28. The maximum absolute atomic E-state index is 11.8. The fraction of sp³-hybridized carbons (Fsp3) is 0.522. The molecule has 1 aromatic heterocycles. The summed E-state index contributed by atoms with van der Waals surface area (Å²) >= 11 is 0. The van der Waals surface area contributed by atoms with Crippen molar-refractivity contribution in [3.05, 3.63) is 52.5 Å². The Morgan fingerprint density at radius 2 is 1.93 bits per heavy atom. The molecule has 2 aliphatic rings. The van der Waals surface area contributed by atoms with Crippen LogP contribution < -0.4 is 5.32 Å². The van der Waals surface area contributed by atoms with Crippen LogP contribution in [0.25, 0.3) is 0 Å². The number of carbonyl (C=O) groups is 1. The highest BCUT2D eigenvalue weighted by atomic mass is 16.2. The lowest BCUT2D eigenvalue weighted by Crippen LogP contribution is -2.36. The van der Waals surface area contributed by atoms with E-state index in [2.05, 4.69) is 41.4 Å². The molecular formula is C23H31N5O. The van der Waals surface area contributed by atoms with Crippen LogP contribution in [0.2, 0.25) is 0 Å². The molecule has 1 fully saturated rings. The molecule has 3 heterocycles. The lowest BCUT2D eigenvalue weighted by Gasteiger charge is -2.33. The van der Waals surface area contributed by atoms with Crippen molar-refractivity contribution in [1.82, 2.24) is 19.8 Å². The molecule has 0 unspecified atom stereocenters. The molecule has 2 aliphatic heterocycles. The van der Waals surface area contributed by atoms with Crippen molar-refractivity contribution in [2.45, 2.75) is 52.1 Å². The molecule has 154 valence electrons. The lowest BCUT2D eigenvalue weighted by molar-refractivity contribution is -0.129. The van der Waals surface area contributed by atoms with Gasteiger partial charge in [0.05, 0.1) is 12.2 Å². The first-order chi connectivity index (χ1) is 14.0. The number of benzene rings is 1. The summed E-state index contributed by atoms with van der Waals surface area (Å²) in [6.07, 6.45) is 2.99. The zero-order chi connectivity index (χ0) is 20.4. The summed E-state index contributed by atoms with van der Waals surface area (Å²) < 4.78 is 0. The van der Waals surface area contributed by atoms with Crippen LogP contribution in [0, 0.1) is 6.92 Å². The predicted molar refractivity (Wildman–Crippen MR) is 115 cm³/mol. The van der Waals surface area contributed by atoms with Gasteiger partial charge < -0.3 is 10.2 Å². The summed E-state index contributed by atoms with van der Waals surface area (Å²) in [6.45, 7) is 8.35. The Balaban J connectivity index is 1.45.